The summed E-state index contributed by atoms with van der Waals surface area (Å²) < 4.78 is 0. The Bertz CT molecular complexity index is 884. The number of halogens is 1. The van der Waals surface area contributed by atoms with Crippen LogP contribution in [-0.4, -0.2) is 36.3 Å². The summed E-state index contributed by atoms with van der Waals surface area (Å²) in [4.78, 5) is 30.8. The van der Waals surface area contributed by atoms with Crippen molar-refractivity contribution in [3.8, 4) is 0 Å². The van der Waals surface area contributed by atoms with Crippen LogP contribution in [0.5, 0.6) is 0 Å². The van der Waals surface area contributed by atoms with Crippen LogP contribution in [0, 0.1) is 0 Å². The number of thioether (sulfide) groups is 1. The number of hydrogen-bond acceptors (Lipinski definition) is 5. The average molecular weight is 403 g/mol. The first kappa shape index (κ1) is 19.3. The maximum atomic E-state index is 12.2. The van der Waals surface area contributed by atoms with Gasteiger partial charge in [0.2, 0.25) is 11.8 Å². The van der Waals surface area contributed by atoms with E-state index in [2.05, 4.69) is 15.6 Å². The van der Waals surface area contributed by atoms with Crippen LogP contribution >= 0.6 is 23.4 Å². The van der Waals surface area contributed by atoms with Gasteiger partial charge in [-0.05, 0) is 36.4 Å². The SMILES string of the molecule is CN(C)c1ccc(N=C2NC(=O)C(CC(=O)Nc3ccccc3Cl)S2)cc1. The van der Waals surface area contributed by atoms with Crippen molar-refractivity contribution >= 4 is 57.4 Å². The van der Waals surface area contributed by atoms with Crippen molar-refractivity contribution in [3.63, 3.8) is 0 Å². The number of para-hydroxylation sites is 1. The molecule has 1 unspecified atom stereocenters. The number of rotatable bonds is 5. The van der Waals surface area contributed by atoms with E-state index in [1.807, 2.05) is 43.3 Å². The van der Waals surface area contributed by atoms with Crippen LogP contribution in [0.2, 0.25) is 5.02 Å². The second-order valence-corrected chi connectivity index (χ2v) is 7.75. The molecule has 1 atom stereocenters. The number of anilines is 2. The minimum absolute atomic E-state index is 0.0420. The standard InChI is InChI=1S/C19H19ClN4O2S/c1-24(2)13-9-7-12(8-10-13)21-19-23-18(26)16(27-19)11-17(25)22-15-6-4-3-5-14(15)20/h3-10,16H,11H2,1-2H3,(H,22,25)(H,21,23,26). The van der Waals surface area contributed by atoms with Crippen LogP contribution in [0.3, 0.4) is 0 Å². The van der Waals surface area contributed by atoms with Gasteiger partial charge in [-0.3, -0.25) is 9.59 Å². The minimum Gasteiger partial charge on any atom is -0.378 e. The number of hydrogen-bond donors (Lipinski definition) is 2. The fourth-order valence-corrected chi connectivity index (χ4v) is 3.64. The molecule has 140 valence electrons. The monoisotopic (exact) mass is 402 g/mol. The third-order valence-corrected chi connectivity index (χ3v) is 5.30. The van der Waals surface area contributed by atoms with Gasteiger partial charge in [-0.2, -0.15) is 0 Å². The van der Waals surface area contributed by atoms with E-state index in [0.717, 1.165) is 11.4 Å². The Labute approximate surface area is 167 Å². The molecule has 27 heavy (non-hydrogen) atoms. The van der Waals surface area contributed by atoms with Crippen molar-refractivity contribution in [3.05, 3.63) is 53.6 Å². The smallest absolute Gasteiger partial charge is 0.240 e. The van der Waals surface area contributed by atoms with Gasteiger partial charge < -0.3 is 15.5 Å². The van der Waals surface area contributed by atoms with Crippen molar-refractivity contribution in [2.75, 3.05) is 24.3 Å². The molecule has 0 spiro atoms. The van der Waals surface area contributed by atoms with Crippen molar-refractivity contribution < 1.29 is 9.59 Å². The molecule has 0 saturated carbocycles. The fraction of sp³-hybridized carbons (Fsp3) is 0.211. The second-order valence-electron chi connectivity index (χ2n) is 6.16. The van der Waals surface area contributed by atoms with Gasteiger partial charge in [0, 0.05) is 26.2 Å². The van der Waals surface area contributed by atoms with E-state index in [0.29, 0.717) is 15.9 Å². The Morgan fingerprint density at radius 2 is 1.93 bits per heavy atom. The van der Waals surface area contributed by atoms with Gasteiger partial charge in [0.05, 0.1) is 16.4 Å². The normalized spacial score (nSPS) is 17.7. The lowest BCUT2D eigenvalue weighted by atomic mass is 10.2. The van der Waals surface area contributed by atoms with Gasteiger partial charge >= 0.3 is 0 Å². The lowest BCUT2D eigenvalue weighted by molar-refractivity contribution is -0.122. The molecule has 0 bridgehead atoms. The summed E-state index contributed by atoms with van der Waals surface area (Å²) in [6, 6.07) is 14.6. The summed E-state index contributed by atoms with van der Waals surface area (Å²) in [7, 11) is 3.93. The molecule has 3 rings (SSSR count). The number of benzene rings is 2. The quantitative estimate of drug-likeness (QED) is 0.800. The Morgan fingerprint density at radius 1 is 1.22 bits per heavy atom. The molecule has 0 radical (unpaired) electrons. The van der Waals surface area contributed by atoms with E-state index in [1.54, 1.807) is 24.3 Å². The molecule has 2 aromatic carbocycles. The Balaban J connectivity index is 1.61. The summed E-state index contributed by atoms with van der Waals surface area (Å²) in [6.07, 6.45) is 0.0420. The van der Waals surface area contributed by atoms with Crippen LogP contribution in [0.1, 0.15) is 6.42 Å². The van der Waals surface area contributed by atoms with Crippen molar-refractivity contribution in [1.82, 2.24) is 5.32 Å². The molecule has 1 aliphatic heterocycles. The first-order valence-electron chi connectivity index (χ1n) is 8.30. The molecule has 8 heteroatoms. The number of nitrogens with one attached hydrogen (secondary N) is 2. The maximum absolute atomic E-state index is 12.2. The number of nitrogens with zero attached hydrogens (tertiary/aromatic N) is 2. The van der Waals surface area contributed by atoms with Crippen LogP contribution in [0.4, 0.5) is 17.1 Å². The number of carbonyl (C=O) groups is 2. The van der Waals surface area contributed by atoms with Crippen LogP contribution in [0.25, 0.3) is 0 Å². The molecule has 1 aliphatic rings. The van der Waals surface area contributed by atoms with E-state index in [9.17, 15) is 9.59 Å². The van der Waals surface area contributed by atoms with E-state index < -0.39 is 5.25 Å². The number of amides is 2. The number of amidine groups is 1. The molecule has 2 N–H and O–H groups in total. The van der Waals surface area contributed by atoms with E-state index in [-0.39, 0.29) is 18.2 Å². The molecule has 1 fully saturated rings. The number of carbonyl (C=O) groups excluding carboxylic acids is 2. The average Bonchev–Trinajstić information content (AvgIpc) is 2.96. The largest absolute Gasteiger partial charge is 0.378 e. The Hall–Kier alpha value is -2.51. The lowest BCUT2D eigenvalue weighted by Crippen LogP contribution is -2.28. The highest BCUT2D eigenvalue weighted by atomic mass is 35.5. The van der Waals surface area contributed by atoms with Gasteiger partial charge in [0.15, 0.2) is 5.17 Å². The van der Waals surface area contributed by atoms with Gasteiger partial charge in [0.1, 0.15) is 5.25 Å². The highest BCUT2D eigenvalue weighted by molar-refractivity contribution is 8.15. The zero-order valence-electron chi connectivity index (χ0n) is 14.9. The van der Waals surface area contributed by atoms with Gasteiger partial charge in [-0.25, -0.2) is 4.99 Å². The molecule has 0 aromatic heterocycles. The third kappa shape index (κ3) is 5.02. The Morgan fingerprint density at radius 3 is 2.59 bits per heavy atom. The molecule has 1 heterocycles. The van der Waals surface area contributed by atoms with Gasteiger partial charge in [-0.1, -0.05) is 35.5 Å². The summed E-state index contributed by atoms with van der Waals surface area (Å²) in [5.74, 6) is -0.495. The Kier molecular flexibility index (Phi) is 6.03. The zero-order valence-corrected chi connectivity index (χ0v) is 16.5. The van der Waals surface area contributed by atoms with Crippen molar-refractivity contribution in [1.29, 1.82) is 0 Å². The zero-order chi connectivity index (χ0) is 19.4. The number of aliphatic imine (C=N–C) groups is 1. The fourth-order valence-electron chi connectivity index (χ4n) is 2.47. The predicted octanol–water partition coefficient (Wildman–Crippen LogP) is 3.65. The molecule has 6 nitrogen and oxygen atoms in total. The second kappa shape index (κ2) is 8.45. The maximum Gasteiger partial charge on any atom is 0.240 e. The molecule has 2 amide bonds. The topological polar surface area (TPSA) is 73.8 Å². The highest BCUT2D eigenvalue weighted by Crippen LogP contribution is 2.27. The molecular weight excluding hydrogens is 384 g/mol. The lowest BCUT2D eigenvalue weighted by Gasteiger charge is -2.11. The van der Waals surface area contributed by atoms with Crippen LogP contribution in [-0.2, 0) is 9.59 Å². The van der Waals surface area contributed by atoms with E-state index >= 15 is 0 Å². The molecular formula is C19H19ClN4O2S. The minimum atomic E-state index is -0.521. The van der Waals surface area contributed by atoms with Crippen LogP contribution in [0.15, 0.2) is 53.5 Å². The molecule has 1 saturated heterocycles. The first-order chi connectivity index (χ1) is 12.9. The van der Waals surface area contributed by atoms with E-state index in [4.69, 9.17) is 11.6 Å². The van der Waals surface area contributed by atoms with Crippen molar-refractivity contribution in [2.24, 2.45) is 4.99 Å². The summed E-state index contributed by atoms with van der Waals surface area (Å²) >= 11 is 7.29. The first-order valence-corrected chi connectivity index (χ1v) is 9.56. The molecule has 0 aliphatic carbocycles. The third-order valence-electron chi connectivity index (χ3n) is 3.89. The highest BCUT2D eigenvalue weighted by Gasteiger charge is 2.32. The molecule has 2 aromatic rings. The summed E-state index contributed by atoms with van der Waals surface area (Å²) in [6.45, 7) is 0. The van der Waals surface area contributed by atoms with E-state index in [1.165, 1.54) is 11.8 Å². The van der Waals surface area contributed by atoms with Crippen molar-refractivity contribution in [2.45, 2.75) is 11.7 Å². The van der Waals surface area contributed by atoms with Crippen LogP contribution < -0.4 is 15.5 Å². The summed E-state index contributed by atoms with van der Waals surface area (Å²) in [5, 5.41) is 5.89. The van der Waals surface area contributed by atoms with Gasteiger partial charge in [-0.15, -0.1) is 0 Å². The summed E-state index contributed by atoms with van der Waals surface area (Å²) in [5.41, 5.74) is 2.34. The van der Waals surface area contributed by atoms with Gasteiger partial charge in [0.25, 0.3) is 0 Å². The predicted molar refractivity (Wildman–Crippen MR) is 112 cm³/mol.